The maximum absolute atomic E-state index is 11.8. The van der Waals surface area contributed by atoms with E-state index in [4.69, 9.17) is 9.47 Å². The summed E-state index contributed by atoms with van der Waals surface area (Å²) in [5.41, 5.74) is 1.28. The summed E-state index contributed by atoms with van der Waals surface area (Å²) in [7, 11) is 0. The van der Waals surface area contributed by atoms with Gasteiger partial charge in [-0.25, -0.2) is 0 Å². The molecule has 0 saturated carbocycles. The van der Waals surface area contributed by atoms with E-state index in [0.717, 1.165) is 12.8 Å². The van der Waals surface area contributed by atoms with Crippen molar-refractivity contribution < 1.29 is 14.3 Å². The number of aryl methyl sites for hydroxylation is 1. The Bertz CT molecular complexity index is 599. The third-order valence-corrected chi connectivity index (χ3v) is 3.31. The second-order valence-corrected chi connectivity index (χ2v) is 5.11. The molecule has 23 heavy (non-hydrogen) atoms. The molecule has 2 aromatic carbocycles. The molecular formula is C19H23NO3. The zero-order valence-corrected chi connectivity index (χ0v) is 13.5. The van der Waals surface area contributed by atoms with Crippen LogP contribution in [0.15, 0.2) is 54.6 Å². The molecule has 0 aliphatic heterocycles. The third-order valence-electron chi connectivity index (χ3n) is 3.31. The van der Waals surface area contributed by atoms with Crippen molar-refractivity contribution in [1.29, 1.82) is 0 Å². The fourth-order valence-corrected chi connectivity index (χ4v) is 2.20. The first-order chi connectivity index (χ1) is 11.3. The summed E-state index contributed by atoms with van der Waals surface area (Å²) < 4.78 is 11.0. The Labute approximate surface area is 137 Å². The second kappa shape index (κ2) is 9.51. The predicted octanol–water partition coefficient (Wildman–Crippen LogP) is 3.21. The van der Waals surface area contributed by atoms with Crippen LogP contribution in [0.1, 0.15) is 18.9 Å². The first-order valence-electron chi connectivity index (χ1n) is 7.95. The van der Waals surface area contributed by atoms with Crippen molar-refractivity contribution in [3.05, 3.63) is 60.2 Å². The monoisotopic (exact) mass is 313 g/mol. The number of rotatable bonds is 9. The predicted molar refractivity (Wildman–Crippen MR) is 90.9 cm³/mol. The van der Waals surface area contributed by atoms with E-state index in [9.17, 15) is 4.79 Å². The summed E-state index contributed by atoms with van der Waals surface area (Å²) in [6.45, 7) is 3.11. The smallest absolute Gasteiger partial charge is 0.257 e. The lowest BCUT2D eigenvalue weighted by atomic mass is 10.1. The van der Waals surface area contributed by atoms with Crippen molar-refractivity contribution in [3.8, 4) is 11.5 Å². The van der Waals surface area contributed by atoms with Gasteiger partial charge in [0.2, 0.25) is 0 Å². The molecular weight excluding hydrogens is 290 g/mol. The van der Waals surface area contributed by atoms with E-state index in [0.29, 0.717) is 24.7 Å². The fraction of sp³-hybridized carbons (Fsp3) is 0.316. The van der Waals surface area contributed by atoms with E-state index in [1.807, 2.05) is 43.3 Å². The van der Waals surface area contributed by atoms with Crippen molar-refractivity contribution in [2.24, 2.45) is 0 Å². The van der Waals surface area contributed by atoms with Gasteiger partial charge in [-0.3, -0.25) is 4.79 Å². The van der Waals surface area contributed by atoms with Crippen LogP contribution in [0.25, 0.3) is 0 Å². The van der Waals surface area contributed by atoms with Gasteiger partial charge in [0.1, 0.15) is 0 Å². The Morgan fingerprint density at radius 2 is 1.61 bits per heavy atom. The van der Waals surface area contributed by atoms with E-state index >= 15 is 0 Å². The molecule has 0 unspecified atom stereocenters. The van der Waals surface area contributed by atoms with Gasteiger partial charge < -0.3 is 14.8 Å². The van der Waals surface area contributed by atoms with Crippen molar-refractivity contribution in [2.45, 2.75) is 19.8 Å². The quantitative estimate of drug-likeness (QED) is 0.723. The molecule has 0 spiro atoms. The fourth-order valence-electron chi connectivity index (χ4n) is 2.20. The van der Waals surface area contributed by atoms with Gasteiger partial charge in [-0.2, -0.15) is 0 Å². The molecule has 0 aliphatic rings. The second-order valence-electron chi connectivity index (χ2n) is 5.11. The number of hydrogen-bond acceptors (Lipinski definition) is 3. The highest BCUT2D eigenvalue weighted by molar-refractivity contribution is 5.77. The summed E-state index contributed by atoms with van der Waals surface area (Å²) in [5, 5.41) is 2.87. The molecule has 0 fully saturated rings. The molecule has 0 heterocycles. The number of hydrogen-bond donors (Lipinski definition) is 1. The maximum Gasteiger partial charge on any atom is 0.257 e. The van der Waals surface area contributed by atoms with Crippen LogP contribution in [0.3, 0.4) is 0 Å². The zero-order chi connectivity index (χ0) is 16.3. The highest BCUT2D eigenvalue weighted by atomic mass is 16.5. The summed E-state index contributed by atoms with van der Waals surface area (Å²) in [4.78, 5) is 11.8. The molecule has 0 bridgehead atoms. The summed E-state index contributed by atoms with van der Waals surface area (Å²) >= 11 is 0. The average molecular weight is 313 g/mol. The minimum atomic E-state index is -0.121. The van der Waals surface area contributed by atoms with Crippen LogP contribution in [-0.4, -0.2) is 25.7 Å². The van der Waals surface area contributed by atoms with Crippen LogP contribution in [0.2, 0.25) is 0 Å². The van der Waals surface area contributed by atoms with Crippen LogP contribution in [-0.2, 0) is 11.2 Å². The first-order valence-corrected chi connectivity index (χ1v) is 7.95. The minimum absolute atomic E-state index is 0.00454. The van der Waals surface area contributed by atoms with Crippen molar-refractivity contribution in [1.82, 2.24) is 5.32 Å². The Morgan fingerprint density at radius 3 is 2.30 bits per heavy atom. The van der Waals surface area contributed by atoms with Gasteiger partial charge in [-0.15, -0.1) is 0 Å². The van der Waals surface area contributed by atoms with Crippen molar-refractivity contribution in [3.63, 3.8) is 0 Å². The Kier molecular flexibility index (Phi) is 6.98. The lowest BCUT2D eigenvalue weighted by Crippen LogP contribution is -2.30. The first kappa shape index (κ1) is 16.9. The van der Waals surface area contributed by atoms with E-state index in [1.54, 1.807) is 6.07 Å². The largest absolute Gasteiger partial charge is 0.490 e. The van der Waals surface area contributed by atoms with Crippen LogP contribution >= 0.6 is 0 Å². The van der Waals surface area contributed by atoms with Crippen LogP contribution in [0, 0.1) is 0 Å². The van der Waals surface area contributed by atoms with E-state index in [2.05, 4.69) is 17.4 Å². The van der Waals surface area contributed by atoms with Gasteiger partial charge in [0.25, 0.3) is 5.91 Å². The SMILES string of the molecule is CCOc1ccccc1OCC(=O)NCCCc1ccccc1. The maximum atomic E-state index is 11.8. The number of carbonyl (C=O) groups excluding carboxylic acids is 1. The highest BCUT2D eigenvalue weighted by Gasteiger charge is 2.06. The number of ether oxygens (including phenoxy) is 2. The molecule has 2 aromatic rings. The summed E-state index contributed by atoms with van der Waals surface area (Å²) in [6, 6.07) is 17.6. The highest BCUT2D eigenvalue weighted by Crippen LogP contribution is 2.26. The molecule has 0 radical (unpaired) electrons. The molecule has 2 rings (SSSR count). The van der Waals surface area contributed by atoms with Gasteiger partial charge >= 0.3 is 0 Å². The van der Waals surface area contributed by atoms with Gasteiger partial charge in [0, 0.05) is 6.54 Å². The number of carbonyl (C=O) groups is 1. The Morgan fingerprint density at radius 1 is 0.957 bits per heavy atom. The summed E-state index contributed by atoms with van der Waals surface area (Å²) in [5.74, 6) is 1.13. The van der Waals surface area contributed by atoms with Crippen LogP contribution < -0.4 is 14.8 Å². The van der Waals surface area contributed by atoms with Gasteiger partial charge in [-0.05, 0) is 37.5 Å². The van der Waals surface area contributed by atoms with E-state index in [1.165, 1.54) is 5.56 Å². The normalized spacial score (nSPS) is 10.1. The minimum Gasteiger partial charge on any atom is -0.490 e. The van der Waals surface area contributed by atoms with Crippen LogP contribution in [0.4, 0.5) is 0 Å². The summed E-state index contributed by atoms with van der Waals surface area (Å²) in [6.07, 6.45) is 1.86. The molecule has 122 valence electrons. The topological polar surface area (TPSA) is 47.6 Å². The third kappa shape index (κ3) is 6.02. The number of benzene rings is 2. The van der Waals surface area contributed by atoms with Gasteiger partial charge in [-0.1, -0.05) is 42.5 Å². The van der Waals surface area contributed by atoms with Gasteiger partial charge in [0.15, 0.2) is 18.1 Å². The molecule has 0 aromatic heterocycles. The average Bonchev–Trinajstić information content (AvgIpc) is 2.59. The van der Waals surface area contributed by atoms with Crippen molar-refractivity contribution in [2.75, 3.05) is 19.8 Å². The molecule has 0 saturated heterocycles. The lowest BCUT2D eigenvalue weighted by molar-refractivity contribution is -0.123. The molecule has 1 N–H and O–H groups in total. The standard InChI is InChI=1S/C19H23NO3/c1-2-22-17-12-6-7-13-18(17)23-15-19(21)20-14-8-11-16-9-4-3-5-10-16/h3-7,9-10,12-13H,2,8,11,14-15H2,1H3,(H,20,21). The van der Waals surface area contributed by atoms with Crippen LogP contribution in [0.5, 0.6) is 11.5 Å². The molecule has 0 atom stereocenters. The van der Waals surface area contributed by atoms with E-state index in [-0.39, 0.29) is 12.5 Å². The number of amides is 1. The number of para-hydroxylation sites is 2. The molecule has 4 nitrogen and oxygen atoms in total. The zero-order valence-electron chi connectivity index (χ0n) is 13.5. The van der Waals surface area contributed by atoms with Gasteiger partial charge in [0.05, 0.1) is 6.61 Å². The molecule has 4 heteroatoms. The van der Waals surface area contributed by atoms with Crippen molar-refractivity contribution >= 4 is 5.91 Å². The molecule has 0 aliphatic carbocycles. The Hall–Kier alpha value is -2.49. The number of nitrogens with one attached hydrogen (secondary N) is 1. The van der Waals surface area contributed by atoms with E-state index < -0.39 is 0 Å². The Balaban J connectivity index is 1.67. The molecule has 1 amide bonds. The lowest BCUT2D eigenvalue weighted by Gasteiger charge is -2.11.